The lowest BCUT2D eigenvalue weighted by Crippen LogP contribution is -2.26. The standard InChI is InChI=1S/C23H30O3/c1-4-22(24)26-9-8-25-18-7-5-6-16(11-18)20-13-21-17-10-14(2)19(12-17)23(21)15(20)3/h4-7,11,14-15,17,19-21,23H,1,8-10,12-13H2,2-3H3. The van der Waals surface area contributed by atoms with E-state index in [2.05, 4.69) is 38.6 Å². The molecule has 0 amide bonds. The average Bonchev–Trinajstić information content (AvgIpc) is 3.29. The normalized spacial score (nSPS) is 37.4. The number of hydrogen-bond donors (Lipinski definition) is 0. The Morgan fingerprint density at radius 1 is 1.19 bits per heavy atom. The highest BCUT2D eigenvalue weighted by molar-refractivity contribution is 5.81. The first-order valence-electron chi connectivity index (χ1n) is 10.1. The van der Waals surface area contributed by atoms with Gasteiger partial charge in [0.05, 0.1) is 0 Å². The minimum Gasteiger partial charge on any atom is -0.490 e. The van der Waals surface area contributed by atoms with Gasteiger partial charge in [0, 0.05) is 6.08 Å². The monoisotopic (exact) mass is 354 g/mol. The molecule has 0 saturated heterocycles. The highest BCUT2D eigenvalue weighted by atomic mass is 16.6. The van der Waals surface area contributed by atoms with E-state index in [9.17, 15) is 4.79 Å². The third kappa shape index (κ3) is 3.06. The number of benzene rings is 1. The van der Waals surface area contributed by atoms with E-state index in [0.717, 1.165) is 41.3 Å². The molecule has 26 heavy (non-hydrogen) atoms. The Morgan fingerprint density at radius 3 is 2.85 bits per heavy atom. The third-order valence-corrected chi connectivity index (χ3v) is 7.39. The minimum atomic E-state index is -0.405. The molecule has 4 rings (SSSR count). The summed E-state index contributed by atoms with van der Waals surface area (Å²) in [6.07, 6.45) is 5.46. The van der Waals surface area contributed by atoms with Gasteiger partial charge in [-0.2, -0.15) is 0 Å². The van der Waals surface area contributed by atoms with Crippen LogP contribution in [0.25, 0.3) is 0 Å². The van der Waals surface area contributed by atoms with Crippen LogP contribution < -0.4 is 4.74 Å². The van der Waals surface area contributed by atoms with Crippen molar-refractivity contribution in [2.24, 2.45) is 35.5 Å². The maximum Gasteiger partial charge on any atom is 0.330 e. The maximum atomic E-state index is 11.1. The Labute approximate surface area is 156 Å². The number of esters is 1. The van der Waals surface area contributed by atoms with Crippen molar-refractivity contribution in [3.05, 3.63) is 42.5 Å². The molecule has 3 aliphatic carbocycles. The number of carbonyl (C=O) groups is 1. The van der Waals surface area contributed by atoms with Gasteiger partial charge in [0.15, 0.2) is 0 Å². The van der Waals surface area contributed by atoms with Crippen LogP contribution in [0, 0.1) is 35.5 Å². The van der Waals surface area contributed by atoms with Gasteiger partial charge in [-0.05, 0) is 78.4 Å². The number of ether oxygens (including phenoxy) is 2. The quantitative estimate of drug-likeness (QED) is 0.417. The summed E-state index contributed by atoms with van der Waals surface area (Å²) < 4.78 is 10.8. The summed E-state index contributed by atoms with van der Waals surface area (Å²) in [6.45, 7) is 8.95. The maximum absolute atomic E-state index is 11.1. The zero-order valence-electron chi connectivity index (χ0n) is 15.9. The largest absolute Gasteiger partial charge is 0.490 e. The van der Waals surface area contributed by atoms with E-state index >= 15 is 0 Å². The molecule has 3 heteroatoms. The van der Waals surface area contributed by atoms with Crippen LogP contribution in [0.4, 0.5) is 0 Å². The zero-order chi connectivity index (χ0) is 18.3. The third-order valence-electron chi connectivity index (χ3n) is 7.39. The number of hydrogen-bond acceptors (Lipinski definition) is 3. The topological polar surface area (TPSA) is 35.5 Å². The predicted molar refractivity (Wildman–Crippen MR) is 102 cm³/mol. The fraction of sp³-hybridized carbons (Fsp3) is 0.609. The molecule has 3 fully saturated rings. The van der Waals surface area contributed by atoms with Gasteiger partial charge in [-0.3, -0.25) is 0 Å². The lowest BCUT2D eigenvalue weighted by atomic mass is 9.73. The van der Waals surface area contributed by atoms with Crippen molar-refractivity contribution in [3.63, 3.8) is 0 Å². The molecule has 0 N–H and O–H groups in total. The van der Waals surface area contributed by atoms with Crippen LogP contribution in [0.1, 0.15) is 44.6 Å². The fourth-order valence-electron chi connectivity index (χ4n) is 6.39. The number of carbonyl (C=O) groups excluding carboxylic acids is 1. The molecule has 0 aromatic heterocycles. The molecule has 3 nitrogen and oxygen atoms in total. The van der Waals surface area contributed by atoms with E-state index < -0.39 is 5.97 Å². The summed E-state index contributed by atoms with van der Waals surface area (Å²) in [5.74, 6) is 6.63. The van der Waals surface area contributed by atoms with Gasteiger partial charge in [0.25, 0.3) is 0 Å². The molecule has 140 valence electrons. The first-order valence-corrected chi connectivity index (χ1v) is 10.1. The van der Waals surface area contributed by atoms with E-state index in [-0.39, 0.29) is 6.61 Å². The first-order chi connectivity index (χ1) is 12.6. The number of fused-ring (bicyclic) bond motifs is 5. The van der Waals surface area contributed by atoms with Gasteiger partial charge >= 0.3 is 5.97 Å². The van der Waals surface area contributed by atoms with E-state index in [0.29, 0.717) is 12.5 Å². The molecule has 3 aliphatic rings. The average molecular weight is 354 g/mol. The second kappa shape index (κ2) is 7.09. The molecule has 0 radical (unpaired) electrons. The summed E-state index contributed by atoms with van der Waals surface area (Å²) in [5.41, 5.74) is 1.42. The molecule has 7 atom stereocenters. The van der Waals surface area contributed by atoms with Crippen molar-refractivity contribution in [2.45, 2.75) is 39.0 Å². The second-order valence-electron chi connectivity index (χ2n) is 8.61. The molecular formula is C23H30O3. The van der Waals surface area contributed by atoms with E-state index in [1.165, 1.54) is 30.9 Å². The summed E-state index contributed by atoms with van der Waals surface area (Å²) >= 11 is 0. The lowest BCUT2D eigenvalue weighted by Gasteiger charge is -2.32. The highest BCUT2D eigenvalue weighted by Crippen LogP contribution is 2.65. The molecule has 1 aromatic rings. The van der Waals surface area contributed by atoms with Crippen molar-refractivity contribution < 1.29 is 14.3 Å². The van der Waals surface area contributed by atoms with Crippen LogP contribution in [0.3, 0.4) is 0 Å². The van der Waals surface area contributed by atoms with Crippen molar-refractivity contribution in [1.29, 1.82) is 0 Å². The van der Waals surface area contributed by atoms with Gasteiger partial charge < -0.3 is 9.47 Å². The Hall–Kier alpha value is -1.77. The molecule has 0 heterocycles. The van der Waals surface area contributed by atoms with Gasteiger partial charge in [-0.15, -0.1) is 0 Å². The zero-order valence-corrected chi connectivity index (χ0v) is 15.9. The van der Waals surface area contributed by atoms with E-state index in [1.807, 2.05) is 6.07 Å². The van der Waals surface area contributed by atoms with E-state index in [1.54, 1.807) is 0 Å². The Kier molecular flexibility index (Phi) is 4.81. The Balaban J connectivity index is 1.39. The van der Waals surface area contributed by atoms with Gasteiger partial charge in [-0.1, -0.05) is 32.6 Å². The summed E-state index contributed by atoms with van der Waals surface area (Å²) in [4.78, 5) is 11.1. The summed E-state index contributed by atoms with van der Waals surface area (Å²) in [5, 5.41) is 0. The van der Waals surface area contributed by atoms with E-state index in [4.69, 9.17) is 9.47 Å². The molecule has 3 saturated carbocycles. The lowest BCUT2D eigenvalue weighted by molar-refractivity contribution is -0.138. The molecule has 7 unspecified atom stereocenters. The Bertz CT molecular complexity index is 682. The van der Waals surface area contributed by atoms with Crippen LogP contribution >= 0.6 is 0 Å². The van der Waals surface area contributed by atoms with Crippen LogP contribution in [0.15, 0.2) is 36.9 Å². The fourth-order valence-corrected chi connectivity index (χ4v) is 6.39. The van der Waals surface area contributed by atoms with Crippen LogP contribution in [0.5, 0.6) is 5.75 Å². The minimum absolute atomic E-state index is 0.250. The molecular weight excluding hydrogens is 324 g/mol. The Morgan fingerprint density at radius 2 is 2.04 bits per heavy atom. The van der Waals surface area contributed by atoms with Crippen molar-refractivity contribution >= 4 is 5.97 Å². The van der Waals surface area contributed by atoms with Gasteiger partial charge in [0.1, 0.15) is 19.0 Å². The molecule has 0 aliphatic heterocycles. The van der Waals surface area contributed by atoms with Crippen molar-refractivity contribution in [3.8, 4) is 5.75 Å². The summed E-state index contributed by atoms with van der Waals surface area (Å²) in [6, 6.07) is 8.55. The molecule has 2 bridgehead atoms. The van der Waals surface area contributed by atoms with Gasteiger partial charge in [-0.25, -0.2) is 4.79 Å². The summed E-state index contributed by atoms with van der Waals surface area (Å²) in [7, 11) is 0. The number of rotatable bonds is 6. The molecule has 0 spiro atoms. The first kappa shape index (κ1) is 17.6. The van der Waals surface area contributed by atoms with Crippen molar-refractivity contribution in [2.75, 3.05) is 13.2 Å². The SMILES string of the molecule is C=CC(=O)OCCOc1cccc(C2CC3C4CC(C)C(C4)C3C2C)c1. The van der Waals surface area contributed by atoms with Crippen LogP contribution in [-0.4, -0.2) is 19.2 Å². The van der Waals surface area contributed by atoms with Gasteiger partial charge in [0.2, 0.25) is 0 Å². The van der Waals surface area contributed by atoms with Crippen molar-refractivity contribution in [1.82, 2.24) is 0 Å². The highest BCUT2D eigenvalue weighted by Gasteiger charge is 2.57. The smallest absolute Gasteiger partial charge is 0.330 e. The second-order valence-corrected chi connectivity index (χ2v) is 8.61. The predicted octanol–water partition coefficient (Wildman–Crippen LogP) is 4.83. The molecule has 1 aromatic carbocycles. The van der Waals surface area contributed by atoms with Crippen LogP contribution in [0.2, 0.25) is 0 Å². The van der Waals surface area contributed by atoms with Crippen LogP contribution in [-0.2, 0) is 9.53 Å².